The van der Waals surface area contributed by atoms with Crippen LogP contribution in [-0.4, -0.2) is 4.10 Å². The van der Waals surface area contributed by atoms with Crippen molar-refractivity contribution in [2.45, 2.75) is 6.61 Å². The van der Waals surface area contributed by atoms with Gasteiger partial charge in [0.05, 0.1) is 6.61 Å². The number of rotatable bonds is 3. The van der Waals surface area contributed by atoms with Gasteiger partial charge in [-0.1, -0.05) is 34.1 Å². The van der Waals surface area contributed by atoms with Gasteiger partial charge in [-0.25, -0.2) is 0 Å². The van der Waals surface area contributed by atoms with Crippen molar-refractivity contribution in [3.8, 4) is 0 Å². The maximum absolute atomic E-state index is 5.24. The first-order valence-electron chi connectivity index (χ1n) is 3.18. The Hall–Kier alpha value is 0.200. The van der Waals surface area contributed by atoms with Crippen LogP contribution in [0, 0.1) is 0 Å². The van der Waals surface area contributed by atoms with E-state index in [4.69, 9.17) is 28.4 Å². The van der Waals surface area contributed by atoms with Crippen molar-refractivity contribution in [3.05, 3.63) is 34.3 Å². The molecule has 0 amide bonds. The monoisotopic (exact) mass is 269 g/mol. The molecule has 0 heterocycles. The third kappa shape index (κ3) is 3.29. The molecule has 0 radical (unpaired) electrons. The number of nitrogens with zero attached hydrogens (tertiary/aromatic N) is 1. The van der Waals surface area contributed by atoms with Crippen LogP contribution in [0.2, 0.25) is 0 Å². The van der Waals surface area contributed by atoms with Crippen molar-refractivity contribution in [2.75, 3.05) is 0 Å². The highest BCUT2D eigenvalue weighted by Crippen LogP contribution is 2.17. The lowest BCUT2D eigenvalue weighted by molar-refractivity contribution is -0.0262. The molecule has 0 fully saturated rings. The van der Waals surface area contributed by atoms with Gasteiger partial charge in [-0.15, -0.1) is 0 Å². The summed E-state index contributed by atoms with van der Waals surface area (Å²) in [4.78, 5) is 4.84. The molecule has 0 unspecified atom stereocenters. The van der Waals surface area contributed by atoms with Crippen molar-refractivity contribution in [1.29, 1.82) is 0 Å². The molecule has 0 bridgehead atoms. The standard InChI is InChI=1S/C7H6BrCl2NO/c8-7-4-2-1-3-6(7)5-12-11(9)10/h1-4H,5H2. The van der Waals surface area contributed by atoms with Gasteiger partial charge in [-0.05, 0) is 15.7 Å². The van der Waals surface area contributed by atoms with Crippen molar-refractivity contribution in [2.24, 2.45) is 0 Å². The maximum Gasteiger partial charge on any atom is 0.0977 e. The number of halogens is 3. The topological polar surface area (TPSA) is 12.5 Å². The summed E-state index contributed by atoms with van der Waals surface area (Å²) in [7, 11) is 0. The average Bonchev–Trinajstić information content (AvgIpc) is 2.03. The Kier molecular flexibility index (Phi) is 4.32. The summed E-state index contributed by atoms with van der Waals surface area (Å²) in [6.45, 7) is 0.342. The third-order valence-electron chi connectivity index (χ3n) is 1.28. The molecule has 5 heteroatoms. The van der Waals surface area contributed by atoms with Gasteiger partial charge in [-0.2, -0.15) is 0 Å². The molecule has 1 rings (SSSR count). The Labute approximate surface area is 89.3 Å². The smallest absolute Gasteiger partial charge is 0.0977 e. The van der Waals surface area contributed by atoms with E-state index in [0.29, 0.717) is 10.7 Å². The van der Waals surface area contributed by atoms with Crippen molar-refractivity contribution in [3.63, 3.8) is 0 Å². The van der Waals surface area contributed by atoms with Gasteiger partial charge < -0.3 is 0 Å². The number of hydrogen-bond acceptors (Lipinski definition) is 2. The fourth-order valence-corrected chi connectivity index (χ4v) is 1.23. The Bertz CT molecular complexity index is 257. The van der Waals surface area contributed by atoms with Crippen LogP contribution in [0.4, 0.5) is 0 Å². The summed E-state index contributed by atoms with van der Waals surface area (Å²) < 4.78 is 1.61. The fraction of sp³-hybridized carbons (Fsp3) is 0.143. The molecule has 0 atom stereocenters. The average molecular weight is 271 g/mol. The van der Waals surface area contributed by atoms with Gasteiger partial charge in [0.25, 0.3) is 0 Å². The molecule has 12 heavy (non-hydrogen) atoms. The molecule has 0 saturated carbocycles. The molecule has 66 valence electrons. The Morgan fingerprint density at radius 3 is 2.58 bits per heavy atom. The second-order valence-corrected chi connectivity index (χ2v) is 3.71. The quantitative estimate of drug-likeness (QED) is 0.616. The van der Waals surface area contributed by atoms with Crippen molar-refractivity contribution >= 4 is 39.5 Å². The first kappa shape index (κ1) is 10.3. The van der Waals surface area contributed by atoms with E-state index in [9.17, 15) is 0 Å². The SMILES string of the molecule is ClN(Cl)OCc1ccccc1Br. The predicted molar refractivity (Wildman–Crippen MR) is 52.5 cm³/mol. The summed E-state index contributed by atoms with van der Waals surface area (Å²) in [5.74, 6) is 0. The van der Waals surface area contributed by atoms with Crippen molar-refractivity contribution < 1.29 is 4.84 Å². The van der Waals surface area contributed by atoms with Crippen LogP contribution in [0.5, 0.6) is 0 Å². The minimum absolute atomic E-state index is 0.342. The van der Waals surface area contributed by atoms with Gasteiger partial charge in [0.15, 0.2) is 0 Å². The van der Waals surface area contributed by atoms with Gasteiger partial charge in [0.1, 0.15) is 0 Å². The Morgan fingerprint density at radius 2 is 2.00 bits per heavy atom. The van der Waals surface area contributed by atoms with E-state index < -0.39 is 0 Å². The van der Waals surface area contributed by atoms with Crippen LogP contribution in [-0.2, 0) is 11.4 Å². The maximum atomic E-state index is 5.24. The molecular formula is C7H6BrCl2NO. The van der Waals surface area contributed by atoms with Gasteiger partial charge in [-0.3, -0.25) is 4.84 Å². The van der Waals surface area contributed by atoms with E-state index >= 15 is 0 Å². The predicted octanol–water partition coefficient (Wildman–Crippen LogP) is 3.49. The van der Waals surface area contributed by atoms with E-state index in [2.05, 4.69) is 15.9 Å². The zero-order chi connectivity index (χ0) is 8.97. The molecule has 1 aromatic rings. The molecule has 1 aromatic carbocycles. The highest BCUT2D eigenvalue weighted by Gasteiger charge is 2.00. The lowest BCUT2D eigenvalue weighted by Crippen LogP contribution is -2.00. The molecule has 0 saturated heterocycles. The summed E-state index contributed by atoms with van der Waals surface area (Å²) in [5, 5.41) is 0. The number of benzene rings is 1. The zero-order valence-corrected chi connectivity index (χ0v) is 9.10. The fourth-order valence-electron chi connectivity index (χ4n) is 0.734. The van der Waals surface area contributed by atoms with E-state index in [-0.39, 0.29) is 0 Å². The summed E-state index contributed by atoms with van der Waals surface area (Å²) in [5.41, 5.74) is 0.990. The van der Waals surface area contributed by atoms with Gasteiger partial charge >= 0.3 is 0 Å². The zero-order valence-electron chi connectivity index (χ0n) is 6.01. The largest absolute Gasteiger partial charge is 0.264 e. The summed E-state index contributed by atoms with van der Waals surface area (Å²) >= 11 is 13.8. The second kappa shape index (κ2) is 5.04. The highest BCUT2D eigenvalue weighted by molar-refractivity contribution is 9.10. The minimum Gasteiger partial charge on any atom is -0.264 e. The normalized spacial score (nSPS) is 10.7. The van der Waals surface area contributed by atoms with Crippen LogP contribution in [0.1, 0.15) is 5.56 Å². The van der Waals surface area contributed by atoms with Crippen LogP contribution < -0.4 is 0 Å². The van der Waals surface area contributed by atoms with E-state index in [1.807, 2.05) is 24.3 Å². The molecule has 0 N–H and O–H groups in total. The van der Waals surface area contributed by atoms with E-state index in [1.165, 1.54) is 0 Å². The van der Waals surface area contributed by atoms with E-state index in [0.717, 1.165) is 10.0 Å². The summed E-state index contributed by atoms with van der Waals surface area (Å²) in [6, 6.07) is 7.68. The molecule has 0 aliphatic carbocycles. The lowest BCUT2D eigenvalue weighted by atomic mass is 10.2. The Morgan fingerprint density at radius 1 is 1.33 bits per heavy atom. The van der Waals surface area contributed by atoms with Crippen LogP contribution in [0.25, 0.3) is 0 Å². The molecule has 2 nitrogen and oxygen atoms in total. The molecular weight excluding hydrogens is 265 g/mol. The molecule has 0 aliphatic heterocycles. The highest BCUT2D eigenvalue weighted by atomic mass is 79.9. The van der Waals surface area contributed by atoms with Crippen LogP contribution in [0.3, 0.4) is 0 Å². The first-order chi connectivity index (χ1) is 5.70. The van der Waals surface area contributed by atoms with E-state index in [1.54, 1.807) is 0 Å². The van der Waals surface area contributed by atoms with Gasteiger partial charge in [0.2, 0.25) is 0 Å². The third-order valence-corrected chi connectivity index (χ3v) is 2.24. The minimum atomic E-state index is 0.342. The molecule has 0 aromatic heterocycles. The van der Waals surface area contributed by atoms with Crippen LogP contribution >= 0.6 is 39.5 Å². The van der Waals surface area contributed by atoms with Crippen LogP contribution in [0.15, 0.2) is 28.7 Å². The van der Waals surface area contributed by atoms with Crippen molar-refractivity contribution in [1.82, 2.24) is 4.10 Å². The lowest BCUT2D eigenvalue weighted by Gasteiger charge is -2.05. The first-order valence-corrected chi connectivity index (χ1v) is 4.65. The molecule has 0 aliphatic rings. The molecule has 0 spiro atoms. The number of hydrogen-bond donors (Lipinski definition) is 0. The van der Waals surface area contributed by atoms with Gasteiger partial charge in [0, 0.05) is 28.0 Å². The Balaban J connectivity index is 2.57. The second-order valence-electron chi connectivity index (χ2n) is 2.07. The summed E-state index contributed by atoms with van der Waals surface area (Å²) in [6.07, 6.45) is 0.